The fourth-order valence-corrected chi connectivity index (χ4v) is 6.81. The molecule has 5 heteroatoms. The zero-order valence-electron chi connectivity index (χ0n) is 26.2. The van der Waals surface area contributed by atoms with Crippen molar-refractivity contribution in [1.29, 1.82) is 10.5 Å². The summed E-state index contributed by atoms with van der Waals surface area (Å²) in [6.07, 6.45) is 0. The van der Waals surface area contributed by atoms with Crippen LogP contribution in [0.25, 0.3) is 83.1 Å². The van der Waals surface area contributed by atoms with E-state index in [1.54, 1.807) is 0 Å². The van der Waals surface area contributed by atoms with Crippen LogP contribution in [0, 0.1) is 22.7 Å². The summed E-state index contributed by atoms with van der Waals surface area (Å²) in [4.78, 5) is 10.2. The first-order chi connectivity index (χ1) is 24.2. The van der Waals surface area contributed by atoms with Crippen LogP contribution < -0.4 is 0 Å². The molecule has 0 saturated heterocycles. The van der Waals surface area contributed by atoms with Gasteiger partial charge in [0.2, 0.25) is 0 Å². The minimum atomic E-state index is 0.593. The Kier molecular flexibility index (Phi) is 6.50. The van der Waals surface area contributed by atoms with Crippen LogP contribution in [0.15, 0.2) is 152 Å². The van der Waals surface area contributed by atoms with Crippen molar-refractivity contribution in [2.24, 2.45) is 0 Å². The van der Waals surface area contributed by atoms with E-state index in [9.17, 15) is 10.5 Å². The second kappa shape index (κ2) is 11.3. The Morgan fingerprint density at radius 2 is 1.10 bits per heavy atom. The fourth-order valence-electron chi connectivity index (χ4n) is 6.81. The number of rotatable bonds is 4. The highest BCUT2D eigenvalue weighted by molar-refractivity contribution is 6.14. The minimum Gasteiger partial charge on any atom is -0.291 e. The lowest BCUT2D eigenvalue weighted by Gasteiger charge is -2.13. The second-order valence-corrected chi connectivity index (χ2v) is 12.1. The van der Waals surface area contributed by atoms with Crippen LogP contribution >= 0.6 is 0 Å². The van der Waals surface area contributed by atoms with Gasteiger partial charge in [-0.05, 0) is 65.0 Å². The molecule has 6 aromatic carbocycles. The number of hydrogen-bond donors (Lipinski definition) is 0. The third kappa shape index (κ3) is 4.69. The third-order valence-corrected chi connectivity index (χ3v) is 9.26. The smallest absolute Gasteiger partial charge is 0.146 e. The third-order valence-electron chi connectivity index (χ3n) is 9.26. The van der Waals surface area contributed by atoms with Crippen molar-refractivity contribution in [3.8, 4) is 57.0 Å². The van der Waals surface area contributed by atoms with E-state index >= 15 is 0 Å². The summed E-state index contributed by atoms with van der Waals surface area (Å²) >= 11 is 0. The number of pyridine rings is 2. The molecule has 0 radical (unpaired) electrons. The van der Waals surface area contributed by atoms with Gasteiger partial charge in [-0.25, -0.2) is 9.97 Å². The van der Waals surface area contributed by atoms with Crippen LogP contribution in [0.5, 0.6) is 0 Å². The summed E-state index contributed by atoms with van der Waals surface area (Å²) in [5.41, 5.74) is 11.8. The van der Waals surface area contributed by atoms with Crippen LogP contribution in [-0.2, 0) is 0 Å². The summed E-state index contributed by atoms with van der Waals surface area (Å²) in [5, 5.41) is 23.4. The minimum absolute atomic E-state index is 0.593. The van der Waals surface area contributed by atoms with Crippen LogP contribution in [0.4, 0.5) is 0 Å². The van der Waals surface area contributed by atoms with Crippen LogP contribution in [0.2, 0.25) is 0 Å². The normalized spacial score (nSPS) is 11.2. The van der Waals surface area contributed by atoms with Gasteiger partial charge in [0, 0.05) is 32.8 Å². The predicted octanol–water partition coefficient (Wildman–Crippen LogP) is 10.6. The van der Waals surface area contributed by atoms with Gasteiger partial charge in [-0.2, -0.15) is 10.5 Å². The number of para-hydroxylation sites is 2. The first kappa shape index (κ1) is 28.2. The summed E-state index contributed by atoms with van der Waals surface area (Å²) in [7, 11) is 0. The van der Waals surface area contributed by atoms with E-state index in [2.05, 4.69) is 101 Å². The maximum atomic E-state index is 9.51. The lowest BCUT2D eigenvalue weighted by molar-refractivity contribution is 1.27. The number of fused-ring (bicyclic) bond motifs is 7. The predicted molar refractivity (Wildman–Crippen MR) is 197 cm³/mol. The second-order valence-electron chi connectivity index (χ2n) is 12.1. The van der Waals surface area contributed by atoms with E-state index in [4.69, 9.17) is 9.97 Å². The molecule has 0 aliphatic heterocycles. The molecule has 0 aliphatic rings. The molecule has 0 atom stereocenters. The molecule has 226 valence electrons. The van der Waals surface area contributed by atoms with E-state index in [0.29, 0.717) is 11.1 Å². The van der Waals surface area contributed by atoms with Gasteiger partial charge in [-0.1, -0.05) is 103 Å². The molecular weight excluding hydrogens is 599 g/mol. The van der Waals surface area contributed by atoms with Crippen molar-refractivity contribution in [2.45, 2.75) is 0 Å². The Hall–Kier alpha value is -7.08. The van der Waals surface area contributed by atoms with Gasteiger partial charge in [-0.3, -0.25) is 4.40 Å². The Morgan fingerprint density at radius 3 is 1.86 bits per heavy atom. The molecule has 0 bridgehead atoms. The van der Waals surface area contributed by atoms with Crippen molar-refractivity contribution in [2.75, 3.05) is 0 Å². The van der Waals surface area contributed by atoms with Crippen molar-refractivity contribution < 1.29 is 0 Å². The van der Waals surface area contributed by atoms with Gasteiger partial charge in [0.05, 0.1) is 51.4 Å². The van der Waals surface area contributed by atoms with Crippen LogP contribution in [0.3, 0.4) is 0 Å². The topological polar surface area (TPSA) is 77.8 Å². The van der Waals surface area contributed by atoms with Gasteiger partial charge >= 0.3 is 0 Å². The number of hydrogen-bond acceptors (Lipinski definition) is 4. The summed E-state index contributed by atoms with van der Waals surface area (Å²) in [6.45, 7) is 0. The molecular formula is C44H25N5. The summed E-state index contributed by atoms with van der Waals surface area (Å²) < 4.78 is 2.24. The Bertz CT molecular complexity index is 2810. The highest BCUT2D eigenvalue weighted by Gasteiger charge is 2.21. The van der Waals surface area contributed by atoms with Crippen LogP contribution in [0.1, 0.15) is 11.1 Å². The number of aromatic nitrogens is 3. The van der Waals surface area contributed by atoms with Crippen molar-refractivity contribution in [3.63, 3.8) is 0 Å². The molecule has 9 rings (SSSR count). The molecule has 0 fully saturated rings. The molecule has 3 aromatic heterocycles. The van der Waals surface area contributed by atoms with Gasteiger partial charge in [0.25, 0.3) is 0 Å². The first-order valence-electron chi connectivity index (χ1n) is 16.0. The van der Waals surface area contributed by atoms with E-state index in [1.165, 1.54) is 0 Å². The Labute approximate surface area is 282 Å². The van der Waals surface area contributed by atoms with Gasteiger partial charge in [0.15, 0.2) is 0 Å². The molecule has 49 heavy (non-hydrogen) atoms. The molecule has 0 saturated carbocycles. The van der Waals surface area contributed by atoms with Crippen molar-refractivity contribution >= 4 is 38.2 Å². The zero-order chi connectivity index (χ0) is 32.9. The molecule has 5 nitrogen and oxygen atoms in total. The monoisotopic (exact) mass is 623 g/mol. The van der Waals surface area contributed by atoms with E-state index in [1.807, 2.05) is 66.7 Å². The Balaban J connectivity index is 1.26. The molecule has 0 N–H and O–H groups in total. The SMILES string of the molecule is N#Cc1ccc(-c2nc3c4cc(-c5ccc(-c6ccc7ccccc7n6)cc5)ccc4c4ccccc4n3c2-c2ccc(C#N)cc2)cc1. The maximum Gasteiger partial charge on any atom is 0.146 e. The van der Waals surface area contributed by atoms with E-state index < -0.39 is 0 Å². The van der Waals surface area contributed by atoms with Gasteiger partial charge < -0.3 is 0 Å². The summed E-state index contributed by atoms with van der Waals surface area (Å²) in [6, 6.07) is 55.6. The number of benzene rings is 6. The highest BCUT2D eigenvalue weighted by Crippen LogP contribution is 2.40. The van der Waals surface area contributed by atoms with Crippen molar-refractivity contribution in [1.82, 2.24) is 14.4 Å². The molecule has 9 aromatic rings. The number of nitrogens with zero attached hydrogens (tertiary/aromatic N) is 5. The first-order valence-corrected chi connectivity index (χ1v) is 16.0. The standard InChI is InChI=1S/C44H25N5/c45-26-28-9-13-33(14-10-28)42-43(34-15-11-29(27-46)12-16-34)49-41-8-4-2-6-37(41)36-23-21-35(25-38(36)44(49)48-42)30-17-19-32(20-18-30)40-24-22-31-5-1-3-7-39(31)47-40/h1-25H. The van der Waals surface area contributed by atoms with E-state index in [0.717, 1.165) is 83.1 Å². The largest absolute Gasteiger partial charge is 0.291 e. The van der Waals surface area contributed by atoms with Gasteiger partial charge in [-0.15, -0.1) is 0 Å². The number of nitriles is 2. The highest BCUT2D eigenvalue weighted by atomic mass is 15.0. The Morgan fingerprint density at radius 1 is 0.469 bits per heavy atom. The average molecular weight is 624 g/mol. The molecule has 0 unspecified atom stereocenters. The van der Waals surface area contributed by atoms with Gasteiger partial charge in [0.1, 0.15) is 5.65 Å². The quantitative estimate of drug-likeness (QED) is 0.183. The molecule has 0 aliphatic carbocycles. The molecule has 3 heterocycles. The fraction of sp³-hybridized carbons (Fsp3) is 0. The molecule has 0 amide bonds. The molecule has 0 spiro atoms. The zero-order valence-corrected chi connectivity index (χ0v) is 26.2. The summed E-state index contributed by atoms with van der Waals surface area (Å²) in [5.74, 6) is 0. The van der Waals surface area contributed by atoms with Crippen LogP contribution in [-0.4, -0.2) is 14.4 Å². The lowest BCUT2D eigenvalue weighted by atomic mass is 9.98. The number of imidazole rings is 1. The maximum absolute atomic E-state index is 9.51. The lowest BCUT2D eigenvalue weighted by Crippen LogP contribution is -1.95. The van der Waals surface area contributed by atoms with E-state index in [-0.39, 0.29) is 0 Å². The average Bonchev–Trinajstić information content (AvgIpc) is 3.59. The van der Waals surface area contributed by atoms with Crippen molar-refractivity contribution in [3.05, 3.63) is 163 Å².